The van der Waals surface area contributed by atoms with Crippen LogP contribution in [0, 0.1) is 0 Å². The molecule has 0 saturated heterocycles. The summed E-state index contributed by atoms with van der Waals surface area (Å²) in [4.78, 5) is 12.5. The van der Waals surface area contributed by atoms with E-state index in [4.69, 9.17) is 21.7 Å². The third kappa shape index (κ3) is 6.45. The van der Waals surface area contributed by atoms with Gasteiger partial charge in [0.1, 0.15) is 12.4 Å². The van der Waals surface area contributed by atoms with E-state index in [2.05, 4.69) is 26.6 Å². The lowest BCUT2D eigenvalue weighted by Gasteiger charge is -2.13. The van der Waals surface area contributed by atoms with E-state index in [-0.39, 0.29) is 11.0 Å². The molecule has 5 nitrogen and oxygen atoms in total. The molecule has 0 saturated carbocycles. The molecule has 0 atom stereocenters. The number of nitrogens with one attached hydrogen (secondary N) is 2. The monoisotopic (exact) mass is 422 g/mol. The van der Waals surface area contributed by atoms with Crippen molar-refractivity contribution in [3.05, 3.63) is 64.1 Å². The minimum Gasteiger partial charge on any atom is -0.490 e. The minimum absolute atomic E-state index is 0.261. The Morgan fingerprint density at radius 1 is 1.16 bits per heavy atom. The smallest absolute Gasteiger partial charge is 0.261 e. The predicted octanol–water partition coefficient (Wildman–Crippen LogP) is 3.28. The summed E-state index contributed by atoms with van der Waals surface area (Å²) in [5.41, 5.74) is 1.47. The molecule has 0 radical (unpaired) electrons. The van der Waals surface area contributed by atoms with E-state index in [1.165, 1.54) is 0 Å². The summed E-state index contributed by atoms with van der Waals surface area (Å²) in [5, 5.41) is 5.95. The number of amides is 1. The van der Waals surface area contributed by atoms with Crippen LogP contribution in [0.15, 0.2) is 53.0 Å². The van der Waals surface area contributed by atoms with Crippen LogP contribution in [0.5, 0.6) is 5.75 Å². The van der Waals surface area contributed by atoms with Crippen LogP contribution >= 0.6 is 28.1 Å². The fourth-order valence-corrected chi connectivity index (χ4v) is 2.56. The van der Waals surface area contributed by atoms with E-state index < -0.39 is 0 Å². The summed E-state index contributed by atoms with van der Waals surface area (Å²) in [6.07, 6.45) is 0. The first-order valence-corrected chi connectivity index (χ1v) is 8.84. The Hall–Kier alpha value is -1.96. The Morgan fingerprint density at radius 3 is 2.64 bits per heavy atom. The second-order valence-electron chi connectivity index (χ2n) is 5.10. The van der Waals surface area contributed by atoms with E-state index in [0.717, 1.165) is 10.0 Å². The molecule has 2 rings (SSSR count). The quantitative estimate of drug-likeness (QED) is 0.529. The summed E-state index contributed by atoms with van der Waals surface area (Å²) in [7, 11) is 1.59. The molecule has 0 bridgehead atoms. The number of hydrogen-bond acceptors (Lipinski definition) is 4. The molecular formula is C18H19BrN2O3S. The van der Waals surface area contributed by atoms with Crippen LogP contribution < -0.4 is 15.4 Å². The van der Waals surface area contributed by atoms with Crippen molar-refractivity contribution in [3.8, 4) is 5.75 Å². The van der Waals surface area contributed by atoms with Crippen LogP contribution in [-0.4, -0.2) is 31.3 Å². The molecule has 1 amide bonds. The molecule has 0 heterocycles. The largest absolute Gasteiger partial charge is 0.490 e. The molecule has 7 heteroatoms. The summed E-state index contributed by atoms with van der Waals surface area (Å²) in [6.45, 7) is 1.33. The second-order valence-corrected chi connectivity index (χ2v) is 6.43. The maximum absolute atomic E-state index is 12.5. The number of ether oxygens (including phenoxy) is 2. The molecule has 2 aromatic rings. The molecular weight excluding hydrogens is 404 g/mol. The van der Waals surface area contributed by atoms with Crippen molar-refractivity contribution in [2.45, 2.75) is 6.54 Å². The highest BCUT2D eigenvalue weighted by Crippen LogP contribution is 2.23. The number of rotatable bonds is 7. The van der Waals surface area contributed by atoms with Crippen LogP contribution in [0.4, 0.5) is 0 Å². The topological polar surface area (TPSA) is 59.6 Å². The van der Waals surface area contributed by atoms with Gasteiger partial charge < -0.3 is 14.8 Å². The van der Waals surface area contributed by atoms with Crippen LogP contribution in [-0.2, 0) is 11.3 Å². The zero-order valence-corrected chi connectivity index (χ0v) is 16.2. The van der Waals surface area contributed by atoms with Crippen molar-refractivity contribution in [1.82, 2.24) is 10.6 Å². The fraction of sp³-hybridized carbons (Fsp3) is 0.222. The van der Waals surface area contributed by atoms with E-state index in [1.807, 2.05) is 36.4 Å². The van der Waals surface area contributed by atoms with E-state index in [1.54, 1.807) is 19.2 Å². The lowest BCUT2D eigenvalue weighted by Crippen LogP contribution is -2.39. The van der Waals surface area contributed by atoms with Gasteiger partial charge >= 0.3 is 0 Å². The van der Waals surface area contributed by atoms with Crippen molar-refractivity contribution in [1.29, 1.82) is 0 Å². The molecule has 0 fully saturated rings. The van der Waals surface area contributed by atoms with Gasteiger partial charge in [-0.15, -0.1) is 0 Å². The van der Waals surface area contributed by atoms with Crippen LogP contribution in [0.3, 0.4) is 0 Å². The molecule has 0 unspecified atom stereocenters. The predicted molar refractivity (Wildman–Crippen MR) is 105 cm³/mol. The zero-order valence-electron chi connectivity index (χ0n) is 13.8. The number of benzene rings is 2. The maximum atomic E-state index is 12.5. The normalized spacial score (nSPS) is 10.2. The third-order valence-corrected chi connectivity index (χ3v) is 3.99. The molecule has 132 valence electrons. The average molecular weight is 423 g/mol. The van der Waals surface area contributed by atoms with Gasteiger partial charge in [0.2, 0.25) is 0 Å². The molecule has 0 aliphatic carbocycles. The first kappa shape index (κ1) is 19.4. The Labute approximate surface area is 160 Å². The lowest BCUT2D eigenvalue weighted by atomic mass is 10.2. The molecule has 2 aromatic carbocycles. The first-order valence-electron chi connectivity index (χ1n) is 7.64. The highest BCUT2D eigenvalue weighted by atomic mass is 79.9. The number of hydrogen-bond donors (Lipinski definition) is 2. The van der Waals surface area contributed by atoms with Crippen molar-refractivity contribution in [3.63, 3.8) is 0 Å². The van der Waals surface area contributed by atoms with Gasteiger partial charge in [-0.1, -0.05) is 46.3 Å². The Bertz CT molecular complexity index is 726. The van der Waals surface area contributed by atoms with Gasteiger partial charge in [-0.25, -0.2) is 0 Å². The number of halogens is 1. The van der Waals surface area contributed by atoms with Crippen LogP contribution in [0.25, 0.3) is 0 Å². The standard InChI is InChI=1S/C18H19BrN2O3S/c1-23-9-10-24-16-8-7-14(19)11-15(16)17(22)21-18(25)20-12-13-5-3-2-4-6-13/h2-8,11H,9-10,12H2,1H3,(H2,20,21,22,25). The van der Waals surface area contributed by atoms with E-state index >= 15 is 0 Å². The third-order valence-electron chi connectivity index (χ3n) is 3.25. The van der Waals surface area contributed by atoms with Crippen molar-refractivity contribution >= 4 is 39.2 Å². The van der Waals surface area contributed by atoms with Crippen molar-refractivity contribution < 1.29 is 14.3 Å². The molecule has 0 aromatic heterocycles. The average Bonchev–Trinajstić information content (AvgIpc) is 2.62. The zero-order chi connectivity index (χ0) is 18.1. The van der Waals surface area contributed by atoms with Crippen LogP contribution in [0.1, 0.15) is 15.9 Å². The Balaban J connectivity index is 1.96. The van der Waals surface area contributed by atoms with E-state index in [0.29, 0.717) is 31.1 Å². The van der Waals surface area contributed by atoms with Gasteiger partial charge in [0.05, 0.1) is 12.2 Å². The summed E-state index contributed by atoms with van der Waals surface area (Å²) < 4.78 is 11.3. The van der Waals surface area contributed by atoms with E-state index in [9.17, 15) is 4.79 Å². The van der Waals surface area contributed by atoms with Gasteiger partial charge in [0, 0.05) is 18.1 Å². The molecule has 0 aliphatic rings. The van der Waals surface area contributed by atoms with Crippen molar-refractivity contribution in [2.24, 2.45) is 0 Å². The lowest BCUT2D eigenvalue weighted by molar-refractivity contribution is 0.0968. The Kier molecular flexibility index (Phi) is 7.84. The second kappa shape index (κ2) is 10.1. The molecule has 2 N–H and O–H groups in total. The first-order chi connectivity index (χ1) is 12.1. The summed E-state index contributed by atoms with van der Waals surface area (Å²) in [5.74, 6) is 0.142. The molecule has 0 aliphatic heterocycles. The highest BCUT2D eigenvalue weighted by Gasteiger charge is 2.14. The SMILES string of the molecule is COCCOc1ccc(Br)cc1C(=O)NC(=S)NCc1ccccc1. The molecule has 25 heavy (non-hydrogen) atoms. The van der Waals surface area contributed by atoms with Gasteiger partial charge in [-0.3, -0.25) is 10.1 Å². The maximum Gasteiger partial charge on any atom is 0.261 e. The van der Waals surface area contributed by atoms with Crippen molar-refractivity contribution in [2.75, 3.05) is 20.3 Å². The van der Waals surface area contributed by atoms with Gasteiger partial charge in [0.25, 0.3) is 5.91 Å². The fourth-order valence-electron chi connectivity index (χ4n) is 2.03. The Morgan fingerprint density at radius 2 is 1.92 bits per heavy atom. The number of carbonyl (C=O) groups is 1. The highest BCUT2D eigenvalue weighted by molar-refractivity contribution is 9.10. The van der Waals surface area contributed by atoms with Crippen LogP contribution in [0.2, 0.25) is 0 Å². The number of methoxy groups -OCH3 is 1. The summed E-state index contributed by atoms with van der Waals surface area (Å²) >= 11 is 8.56. The van der Waals surface area contributed by atoms with Gasteiger partial charge in [-0.2, -0.15) is 0 Å². The molecule has 0 spiro atoms. The number of thiocarbonyl (C=S) groups is 1. The van der Waals surface area contributed by atoms with Gasteiger partial charge in [-0.05, 0) is 36.0 Å². The number of carbonyl (C=O) groups excluding carboxylic acids is 1. The van der Waals surface area contributed by atoms with Gasteiger partial charge in [0.15, 0.2) is 5.11 Å². The minimum atomic E-state index is -0.334. The summed E-state index contributed by atoms with van der Waals surface area (Å²) in [6, 6.07) is 15.0.